The van der Waals surface area contributed by atoms with Crippen molar-refractivity contribution in [1.29, 1.82) is 0 Å². The lowest BCUT2D eigenvalue weighted by Gasteiger charge is -2.19. The molecular weight excluding hydrogens is 240 g/mol. The monoisotopic (exact) mass is 256 g/mol. The Labute approximate surface area is 110 Å². The molecular formula is C16H16OS. The highest BCUT2D eigenvalue weighted by Crippen LogP contribution is 2.30. The molecule has 0 radical (unpaired) electrons. The third kappa shape index (κ3) is 1.91. The first kappa shape index (κ1) is 11.7. The van der Waals surface area contributed by atoms with E-state index in [1.54, 1.807) is 0 Å². The smallest absolute Gasteiger partial charge is 0.0605 e. The summed E-state index contributed by atoms with van der Waals surface area (Å²) < 4.78 is 12.5. The van der Waals surface area contributed by atoms with Crippen molar-refractivity contribution in [3.05, 3.63) is 48.0 Å². The largest absolute Gasteiger partial charge is 0.254 e. The van der Waals surface area contributed by atoms with E-state index in [1.807, 2.05) is 12.1 Å². The Balaban J connectivity index is 2.14. The molecule has 1 nitrogen and oxygen atoms in total. The van der Waals surface area contributed by atoms with Crippen molar-refractivity contribution in [3.63, 3.8) is 0 Å². The Morgan fingerprint density at radius 3 is 2.61 bits per heavy atom. The lowest BCUT2D eigenvalue weighted by molar-refractivity contribution is 0.669. The summed E-state index contributed by atoms with van der Waals surface area (Å²) in [6, 6.07) is 12.5. The Kier molecular flexibility index (Phi) is 3.04. The van der Waals surface area contributed by atoms with Crippen LogP contribution in [0.15, 0.2) is 47.4 Å². The molecule has 0 saturated heterocycles. The van der Waals surface area contributed by atoms with Crippen LogP contribution in [0, 0.1) is 0 Å². The minimum atomic E-state index is -0.896. The number of benzene rings is 2. The van der Waals surface area contributed by atoms with Crippen LogP contribution in [-0.2, 0) is 10.8 Å². The minimum absolute atomic E-state index is 0.184. The first-order chi connectivity index (χ1) is 8.79. The van der Waals surface area contributed by atoms with Crippen molar-refractivity contribution in [3.8, 4) is 0 Å². The fraction of sp³-hybridized carbons (Fsp3) is 0.250. The van der Waals surface area contributed by atoms with Gasteiger partial charge in [-0.2, -0.15) is 0 Å². The summed E-state index contributed by atoms with van der Waals surface area (Å²) in [5, 5.41) is 2.57. The van der Waals surface area contributed by atoms with Crippen LogP contribution in [-0.4, -0.2) is 9.46 Å². The van der Waals surface area contributed by atoms with Crippen molar-refractivity contribution < 1.29 is 4.21 Å². The van der Waals surface area contributed by atoms with Crippen molar-refractivity contribution in [1.82, 2.24) is 0 Å². The molecule has 2 aromatic rings. The molecule has 18 heavy (non-hydrogen) atoms. The maximum atomic E-state index is 12.5. The van der Waals surface area contributed by atoms with Crippen LogP contribution >= 0.6 is 0 Å². The van der Waals surface area contributed by atoms with Crippen molar-refractivity contribution in [2.45, 2.75) is 29.9 Å². The highest BCUT2D eigenvalue weighted by atomic mass is 32.2. The van der Waals surface area contributed by atoms with E-state index in [0.29, 0.717) is 0 Å². The zero-order chi connectivity index (χ0) is 12.5. The third-order valence-corrected chi connectivity index (χ3v) is 5.16. The lowest BCUT2D eigenvalue weighted by Crippen LogP contribution is -2.16. The van der Waals surface area contributed by atoms with Gasteiger partial charge in [-0.1, -0.05) is 49.8 Å². The SMILES string of the molecule is CCCC1C=Cc2cc3ccccc3cc2S1=O. The van der Waals surface area contributed by atoms with Gasteiger partial charge < -0.3 is 0 Å². The van der Waals surface area contributed by atoms with Gasteiger partial charge in [0.1, 0.15) is 0 Å². The van der Waals surface area contributed by atoms with E-state index in [0.717, 1.165) is 23.3 Å². The van der Waals surface area contributed by atoms with Crippen LogP contribution in [0.25, 0.3) is 16.8 Å². The van der Waals surface area contributed by atoms with Gasteiger partial charge in [-0.15, -0.1) is 0 Å². The van der Waals surface area contributed by atoms with Gasteiger partial charge in [0, 0.05) is 4.90 Å². The zero-order valence-corrected chi connectivity index (χ0v) is 11.2. The summed E-state index contributed by atoms with van der Waals surface area (Å²) in [4.78, 5) is 0.995. The van der Waals surface area contributed by atoms with Gasteiger partial charge in [0.15, 0.2) is 0 Å². The topological polar surface area (TPSA) is 17.1 Å². The van der Waals surface area contributed by atoms with Gasteiger partial charge >= 0.3 is 0 Å². The van der Waals surface area contributed by atoms with Gasteiger partial charge in [-0.3, -0.25) is 4.21 Å². The highest BCUT2D eigenvalue weighted by molar-refractivity contribution is 7.86. The van der Waals surface area contributed by atoms with Crippen LogP contribution in [0.4, 0.5) is 0 Å². The highest BCUT2D eigenvalue weighted by Gasteiger charge is 2.21. The van der Waals surface area contributed by atoms with E-state index in [-0.39, 0.29) is 5.25 Å². The zero-order valence-electron chi connectivity index (χ0n) is 10.4. The molecule has 2 aromatic carbocycles. The molecule has 0 N–H and O–H groups in total. The van der Waals surface area contributed by atoms with Crippen LogP contribution in [0.2, 0.25) is 0 Å². The molecule has 0 bridgehead atoms. The summed E-state index contributed by atoms with van der Waals surface area (Å²) in [6.07, 6.45) is 6.30. The molecule has 1 aliphatic rings. The molecule has 0 fully saturated rings. The number of fused-ring (bicyclic) bond motifs is 2. The van der Waals surface area contributed by atoms with Crippen molar-refractivity contribution in [2.75, 3.05) is 0 Å². The van der Waals surface area contributed by atoms with Crippen LogP contribution in [0.1, 0.15) is 25.3 Å². The van der Waals surface area contributed by atoms with E-state index in [1.165, 1.54) is 10.8 Å². The molecule has 3 rings (SSSR count). The maximum absolute atomic E-state index is 12.5. The number of hydrogen-bond acceptors (Lipinski definition) is 1. The molecule has 0 aromatic heterocycles. The molecule has 2 atom stereocenters. The molecule has 1 heterocycles. The van der Waals surface area contributed by atoms with Gasteiger partial charge in [-0.25, -0.2) is 0 Å². The molecule has 2 unspecified atom stereocenters. The Bertz CT molecular complexity index is 643. The fourth-order valence-corrected chi connectivity index (χ4v) is 4.07. The summed E-state index contributed by atoms with van der Waals surface area (Å²) in [7, 11) is -0.896. The Morgan fingerprint density at radius 1 is 1.17 bits per heavy atom. The van der Waals surface area contributed by atoms with Crippen LogP contribution in [0.5, 0.6) is 0 Å². The van der Waals surface area contributed by atoms with Gasteiger partial charge in [0.25, 0.3) is 0 Å². The maximum Gasteiger partial charge on any atom is 0.0605 e. The normalized spacial score (nSPS) is 22.1. The number of hydrogen-bond donors (Lipinski definition) is 0. The molecule has 0 amide bonds. The quantitative estimate of drug-likeness (QED) is 0.789. The Hall–Kier alpha value is -1.41. The minimum Gasteiger partial charge on any atom is -0.254 e. The lowest BCUT2D eigenvalue weighted by atomic mass is 10.1. The van der Waals surface area contributed by atoms with E-state index in [2.05, 4.69) is 43.3 Å². The second kappa shape index (κ2) is 4.69. The predicted octanol–water partition coefficient (Wildman–Crippen LogP) is 4.14. The van der Waals surface area contributed by atoms with Crippen LogP contribution < -0.4 is 0 Å². The Morgan fingerprint density at radius 2 is 1.89 bits per heavy atom. The van der Waals surface area contributed by atoms with E-state index >= 15 is 0 Å². The van der Waals surface area contributed by atoms with Gasteiger partial charge in [-0.05, 0) is 34.9 Å². The first-order valence-corrected chi connectivity index (χ1v) is 7.62. The molecule has 92 valence electrons. The second-order valence-electron chi connectivity index (χ2n) is 4.72. The second-order valence-corrected chi connectivity index (χ2v) is 6.36. The fourth-order valence-electron chi connectivity index (χ4n) is 2.47. The van der Waals surface area contributed by atoms with E-state index < -0.39 is 10.8 Å². The van der Waals surface area contributed by atoms with Gasteiger partial charge in [0.2, 0.25) is 0 Å². The molecule has 0 spiro atoms. The average Bonchev–Trinajstić information content (AvgIpc) is 2.41. The van der Waals surface area contributed by atoms with E-state index in [9.17, 15) is 4.21 Å². The van der Waals surface area contributed by atoms with Crippen molar-refractivity contribution in [2.24, 2.45) is 0 Å². The number of rotatable bonds is 2. The predicted molar refractivity (Wildman–Crippen MR) is 78.1 cm³/mol. The molecule has 0 aliphatic carbocycles. The molecule has 0 saturated carbocycles. The first-order valence-electron chi connectivity index (χ1n) is 6.41. The summed E-state index contributed by atoms with van der Waals surface area (Å²) in [5.74, 6) is 0. The van der Waals surface area contributed by atoms with Crippen LogP contribution in [0.3, 0.4) is 0 Å². The third-order valence-electron chi connectivity index (χ3n) is 3.43. The molecule has 2 heteroatoms. The molecule has 1 aliphatic heterocycles. The summed E-state index contributed by atoms with van der Waals surface area (Å²) >= 11 is 0. The standard InChI is InChI=1S/C16H16OS/c1-2-5-15-9-8-14-10-12-6-3-4-7-13(12)11-16(14)18(15)17/h3-4,6-11,15H,2,5H2,1H3. The van der Waals surface area contributed by atoms with E-state index in [4.69, 9.17) is 0 Å². The summed E-state index contributed by atoms with van der Waals surface area (Å²) in [5.41, 5.74) is 1.11. The average molecular weight is 256 g/mol. The summed E-state index contributed by atoms with van der Waals surface area (Å²) in [6.45, 7) is 2.14. The van der Waals surface area contributed by atoms with Gasteiger partial charge in [0.05, 0.1) is 16.0 Å². The van der Waals surface area contributed by atoms with Crippen molar-refractivity contribution >= 4 is 27.6 Å².